The first-order valence-electron chi connectivity index (χ1n) is 6.81. The molecule has 3 N–H and O–H groups in total. The van der Waals surface area contributed by atoms with Gasteiger partial charge in [-0.1, -0.05) is 0 Å². The van der Waals surface area contributed by atoms with E-state index in [0.717, 1.165) is 0 Å². The number of rotatable bonds is 12. The van der Waals surface area contributed by atoms with Crippen molar-refractivity contribution in [1.29, 1.82) is 0 Å². The van der Waals surface area contributed by atoms with Crippen molar-refractivity contribution < 1.29 is 34.4 Å². The van der Waals surface area contributed by atoms with E-state index < -0.39 is 18.7 Å². The largest absolute Gasteiger partial charge is 0.466 e. The van der Waals surface area contributed by atoms with E-state index in [1.807, 2.05) is 0 Å². The summed E-state index contributed by atoms with van der Waals surface area (Å²) in [5.41, 5.74) is 0. The predicted molar refractivity (Wildman–Crippen MR) is 69.8 cm³/mol. The maximum atomic E-state index is 11.2. The van der Waals surface area contributed by atoms with Crippen molar-refractivity contribution in [3.63, 3.8) is 0 Å². The number of aliphatic hydroxyl groups excluding tert-OH is 3. The number of esters is 2. The zero-order chi connectivity index (χ0) is 15.2. The summed E-state index contributed by atoms with van der Waals surface area (Å²) in [5.74, 6) is -0.777. The van der Waals surface area contributed by atoms with Gasteiger partial charge in [-0.25, -0.2) is 0 Å². The number of hydrogen-bond donors (Lipinski definition) is 3. The van der Waals surface area contributed by atoms with Crippen molar-refractivity contribution in [2.45, 2.75) is 44.6 Å². The lowest BCUT2D eigenvalue weighted by Gasteiger charge is -2.08. The molecule has 0 amide bonds. The summed E-state index contributed by atoms with van der Waals surface area (Å²) in [7, 11) is 0. The van der Waals surface area contributed by atoms with Crippen molar-refractivity contribution in [3.8, 4) is 0 Å². The molecule has 0 saturated carbocycles. The zero-order valence-corrected chi connectivity index (χ0v) is 11.6. The summed E-state index contributed by atoms with van der Waals surface area (Å²) in [6.45, 7) is -0.275. The SMILES string of the molecule is O=C(CCCCC(=O)OCC(O)CO)OCCCCO. The monoisotopic (exact) mass is 292 g/mol. The third kappa shape index (κ3) is 11.9. The Bertz CT molecular complexity index is 267. The molecule has 0 aromatic heterocycles. The Morgan fingerprint density at radius 3 is 2.05 bits per heavy atom. The van der Waals surface area contributed by atoms with Crippen molar-refractivity contribution >= 4 is 11.9 Å². The lowest BCUT2D eigenvalue weighted by atomic mass is 10.2. The third-order valence-electron chi connectivity index (χ3n) is 2.47. The molecule has 118 valence electrons. The summed E-state index contributed by atoms with van der Waals surface area (Å²) < 4.78 is 9.62. The Kier molecular flexibility index (Phi) is 12.1. The van der Waals surface area contributed by atoms with Crippen LogP contribution in [0.3, 0.4) is 0 Å². The number of hydrogen-bond acceptors (Lipinski definition) is 7. The van der Waals surface area contributed by atoms with Gasteiger partial charge in [0.2, 0.25) is 0 Å². The molecule has 0 heterocycles. The van der Waals surface area contributed by atoms with Crippen LogP contribution < -0.4 is 0 Å². The Morgan fingerprint density at radius 2 is 1.50 bits per heavy atom. The first-order chi connectivity index (χ1) is 9.60. The summed E-state index contributed by atoms with van der Waals surface area (Å²) in [4.78, 5) is 22.4. The second kappa shape index (κ2) is 12.8. The summed E-state index contributed by atoms with van der Waals surface area (Å²) >= 11 is 0. The van der Waals surface area contributed by atoms with E-state index in [1.165, 1.54) is 0 Å². The number of unbranched alkanes of at least 4 members (excludes halogenated alkanes) is 2. The summed E-state index contributed by atoms with van der Waals surface area (Å²) in [6.07, 6.45) is 1.63. The third-order valence-corrected chi connectivity index (χ3v) is 2.47. The van der Waals surface area contributed by atoms with Crippen LogP contribution in [0, 0.1) is 0 Å². The van der Waals surface area contributed by atoms with E-state index in [2.05, 4.69) is 0 Å². The molecular formula is C13H24O7. The van der Waals surface area contributed by atoms with E-state index in [-0.39, 0.29) is 32.0 Å². The maximum Gasteiger partial charge on any atom is 0.305 e. The minimum Gasteiger partial charge on any atom is -0.466 e. The number of ether oxygens (including phenoxy) is 2. The fourth-order valence-electron chi connectivity index (χ4n) is 1.32. The highest BCUT2D eigenvalue weighted by atomic mass is 16.5. The van der Waals surface area contributed by atoms with Gasteiger partial charge in [0.15, 0.2) is 0 Å². The standard InChI is InChI=1S/C13H24O7/c14-7-3-4-8-19-12(17)5-1-2-6-13(18)20-10-11(16)9-15/h11,14-16H,1-10H2. The predicted octanol–water partition coefficient (Wildman–Crippen LogP) is -0.241. The average Bonchev–Trinajstić information content (AvgIpc) is 2.45. The molecule has 20 heavy (non-hydrogen) atoms. The van der Waals surface area contributed by atoms with Crippen molar-refractivity contribution in [3.05, 3.63) is 0 Å². The van der Waals surface area contributed by atoms with Gasteiger partial charge in [-0.3, -0.25) is 9.59 Å². The molecule has 0 bridgehead atoms. The molecular weight excluding hydrogens is 268 g/mol. The first-order valence-corrected chi connectivity index (χ1v) is 6.81. The molecule has 0 aromatic carbocycles. The molecule has 0 radical (unpaired) electrons. The van der Waals surface area contributed by atoms with Crippen molar-refractivity contribution in [2.75, 3.05) is 26.4 Å². The van der Waals surface area contributed by atoms with E-state index in [4.69, 9.17) is 24.8 Å². The molecule has 1 atom stereocenters. The second-order valence-electron chi connectivity index (χ2n) is 4.38. The molecule has 0 fully saturated rings. The molecule has 0 rings (SSSR count). The van der Waals surface area contributed by atoms with Gasteiger partial charge >= 0.3 is 11.9 Å². The van der Waals surface area contributed by atoms with Crippen LogP contribution in [0.1, 0.15) is 38.5 Å². The van der Waals surface area contributed by atoms with Crippen LogP contribution in [0.4, 0.5) is 0 Å². The zero-order valence-electron chi connectivity index (χ0n) is 11.6. The highest BCUT2D eigenvalue weighted by Gasteiger charge is 2.08. The molecule has 0 aliphatic heterocycles. The molecule has 0 saturated heterocycles. The Hall–Kier alpha value is -1.18. The lowest BCUT2D eigenvalue weighted by Crippen LogP contribution is -2.21. The fraction of sp³-hybridized carbons (Fsp3) is 0.846. The van der Waals surface area contributed by atoms with Gasteiger partial charge in [0, 0.05) is 19.4 Å². The van der Waals surface area contributed by atoms with Crippen LogP contribution in [0.15, 0.2) is 0 Å². The van der Waals surface area contributed by atoms with Gasteiger partial charge < -0.3 is 24.8 Å². The molecule has 1 unspecified atom stereocenters. The molecule has 0 spiro atoms. The van der Waals surface area contributed by atoms with Gasteiger partial charge in [-0.15, -0.1) is 0 Å². The lowest BCUT2D eigenvalue weighted by molar-refractivity contribution is -0.148. The summed E-state index contributed by atoms with van der Waals surface area (Å²) in [5, 5.41) is 26.0. The minimum absolute atomic E-state index is 0.0879. The van der Waals surface area contributed by atoms with Crippen LogP contribution in [0.5, 0.6) is 0 Å². The molecule has 0 aliphatic carbocycles. The van der Waals surface area contributed by atoms with Gasteiger partial charge in [0.05, 0.1) is 13.2 Å². The quantitative estimate of drug-likeness (QED) is 0.336. The number of carbonyl (C=O) groups is 2. The Morgan fingerprint density at radius 1 is 0.900 bits per heavy atom. The molecule has 0 aliphatic rings. The van der Waals surface area contributed by atoms with Gasteiger partial charge in [0.1, 0.15) is 12.7 Å². The Labute approximate surface area is 118 Å². The molecule has 7 nitrogen and oxygen atoms in total. The minimum atomic E-state index is -1.05. The van der Waals surface area contributed by atoms with Crippen LogP contribution >= 0.6 is 0 Å². The second-order valence-corrected chi connectivity index (χ2v) is 4.38. The summed E-state index contributed by atoms with van der Waals surface area (Å²) in [6, 6.07) is 0. The van der Waals surface area contributed by atoms with Crippen LogP contribution in [-0.2, 0) is 19.1 Å². The number of aliphatic hydroxyl groups is 3. The number of carbonyl (C=O) groups excluding carboxylic acids is 2. The fourth-order valence-corrected chi connectivity index (χ4v) is 1.32. The van der Waals surface area contributed by atoms with Crippen molar-refractivity contribution in [2.24, 2.45) is 0 Å². The van der Waals surface area contributed by atoms with Gasteiger partial charge in [-0.2, -0.15) is 0 Å². The molecule has 0 aromatic rings. The topological polar surface area (TPSA) is 113 Å². The Balaban J connectivity index is 3.41. The maximum absolute atomic E-state index is 11.2. The van der Waals surface area contributed by atoms with Crippen LogP contribution in [-0.4, -0.2) is 59.8 Å². The van der Waals surface area contributed by atoms with Crippen LogP contribution in [0.2, 0.25) is 0 Å². The normalized spacial score (nSPS) is 11.9. The smallest absolute Gasteiger partial charge is 0.305 e. The first kappa shape index (κ1) is 18.8. The van der Waals surface area contributed by atoms with Gasteiger partial charge in [0.25, 0.3) is 0 Å². The highest BCUT2D eigenvalue weighted by molar-refractivity contribution is 5.70. The van der Waals surface area contributed by atoms with Gasteiger partial charge in [-0.05, 0) is 25.7 Å². The van der Waals surface area contributed by atoms with E-state index >= 15 is 0 Å². The van der Waals surface area contributed by atoms with E-state index in [0.29, 0.717) is 32.3 Å². The average molecular weight is 292 g/mol. The van der Waals surface area contributed by atoms with Crippen LogP contribution in [0.25, 0.3) is 0 Å². The van der Waals surface area contributed by atoms with Crippen molar-refractivity contribution in [1.82, 2.24) is 0 Å². The molecule has 7 heteroatoms. The highest BCUT2D eigenvalue weighted by Crippen LogP contribution is 2.04. The van der Waals surface area contributed by atoms with E-state index in [1.54, 1.807) is 0 Å². The van der Waals surface area contributed by atoms with E-state index in [9.17, 15) is 9.59 Å².